The van der Waals surface area contributed by atoms with Crippen molar-refractivity contribution in [1.29, 1.82) is 0 Å². The smallest absolute Gasteiger partial charge is 0.257 e. The third-order valence-electron chi connectivity index (χ3n) is 4.46. The van der Waals surface area contributed by atoms with Crippen LogP contribution in [0.4, 0.5) is 5.69 Å². The van der Waals surface area contributed by atoms with E-state index in [2.05, 4.69) is 24.1 Å². The number of benzene rings is 1. The van der Waals surface area contributed by atoms with Crippen molar-refractivity contribution < 1.29 is 4.79 Å². The standard InChI is InChI=1S/C19H23N3O2/c1-13(2)14-6-5-7-15(10-14)21-18(23)11-22-12-20-17-9-4-3-8-16(17)19(22)24/h5-7,10,12-13H,3-4,8-9,11H2,1-2H3,(H,21,23). The van der Waals surface area contributed by atoms with Crippen LogP contribution in [0, 0.1) is 0 Å². The van der Waals surface area contributed by atoms with Crippen molar-refractivity contribution in [3.63, 3.8) is 0 Å². The van der Waals surface area contributed by atoms with Crippen molar-refractivity contribution >= 4 is 11.6 Å². The molecule has 5 heteroatoms. The van der Waals surface area contributed by atoms with Gasteiger partial charge in [0, 0.05) is 11.3 Å². The van der Waals surface area contributed by atoms with Crippen LogP contribution < -0.4 is 10.9 Å². The third-order valence-corrected chi connectivity index (χ3v) is 4.46. The summed E-state index contributed by atoms with van der Waals surface area (Å²) < 4.78 is 1.41. The lowest BCUT2D eigenvalue weighted by atomic mass is 9.97. The number of aryl methyl sites for hydroxylation is 1. The highest BCUT2D eigenvalue weighted by Crippen LogP contribution is 2.18. The summed E-state index contributed by atoms with van der Waals surface area (Å²) in [5.74, 6) is 0.185. The van der Waals surface area contributed by atoms with E-state index in [9.17, 15) is 9.59 Å². The lowest BCUT2D eigenvalue weighted by Crippen LogP contribution is -2.32. The van der Waals surface area contributed by atoms with Gasteiger partial charge in [-0.1, -0.05) is 26.0 Å². The summed E-state index contributed by atoms with van der Waals surface area (Å²) in [6.07, 6.45) is 5.22. The maximum absolute atomic E-state index is 12.5. The fourth-order valence-electron chi connectivity index (χ4n) is 3.07. The summed E-state index contributed by atoms with van der Waals surface area (Å²) >= 11 is 0. The number of hydrogen-bond donors (Lipinski definition) is 1. The highest BCUT2D eigenvalue weighted by atomic mass is 16.2. The summed E-state index contributed by atoms with van der Waals surface area (Å²) in [6, 6.07) is 7.80. The molecule has 0 aliphatic heterocycles. The molecule has 3 rings (SSSR count). The molecule has 1 aromatic carbocycles. The number of rotatable bonds is 4. The quantitative estimate of drug-likeness (QED) is 0.940. The number of aromatic nitrogens is 2. The Balaban J connectivity index is 1.74. The molecule has 0 bridgehead atoms. The molecule has 1 heterocycles. The van der Waals surface area contributed by atoms with Gasteiger partial charge >= 0.3 is 0 Å². The highest BCUT2D eigenvalue weighted by molar-refractivity contribution is 5.90. The van der Waals surface area contributed by atoms with Gasteiger partial charge in [-0.15, -0.1) is 0 Å². The van der Waals surface area contributed by atoms with Crippen LogP contribution in [0.25, 0.3) is 0 Å². The van der Waals surface area contributed by atoms with Gasteiger partial charge in [-0.05, 0) is 49.3 Å². The van der Waals surface area contributed by atoms with Crippen LogP contribution in [0.2, 0.25) is 0 Å². The van der Waals surface area contributed by atoms with E-state index in [1.54, 1.807) is 0 Å². The number of amides is 1. The van der Waals surface area contributed by atoms with Gasteiger partial charge in [0.25, 0.3) is 5.56 Å². The topological polar surface area (TPSA) is 64.0 Å². The minimum atomic E-state index is -0.212. The fraction of sp³-hybridized carbons (Fsp3) is 0.421. The zero-order chi connectivity index (χ0) is 17.1. The molecule has 0 atom stereocenters. The molecule has 2 aromatic rings. The second-order valence-electron chi connectivity index (χ2n) is 6.64. The van der Waals surface area contributed by atoms with Gasteiger partial charge < -0.3 is 5.32 Å². The third kappa shape index (κ3) is 3.55. The normalized spacial score (nSPS) is 13.6. The molecule has 1 aliphatic rings. The van der Waals surface area contributed by atoms with Crippen molar-refractivity contribution in [3.8, 4) is 0 Å². The number of carbonyl (C=O) groups is 1. The average Bonchev–Trinajstić information content (AvgIpc) is 2.58. The lowest BCUT2D eigenvalue weighted by molar-refractivity contribution is -0.116. The summed E-state index contributed by atoms with van der Waals surface area (Å²) in [4.78, 5) is 29.1. The van der Waals surface area contributed by atoms with Gasteiger partial charge in [-0.2, -0.15) is 0 Å². The van der Waals surface area contributed by atoms with Crippen molar-refractivity contribution in [2.75, 3.05) is 5.32 Å². The van der Waals surface area contributed by atoms with E-state index < -0.39 is 0 Å². The first kappa shape index (κ1) is 16.4. The predicted octanol–water partition coefficient (Wildman–Crippen LogP) is 2.88. The first-order valence-corrected chi connectivity index (χ1v) is 8.51. The minimum absolute atomic E-state index is 0.00891. The van der Waals surface area contributed by atoms with Crippen molar-refractivity contribution in [3.05, 3.63) is 57.8 Å². The summed E-state index contributed by atoms with van der Waals surface area (Å²) in [5.41, 5.74) is 3.52. The Kier molecular flexibility index (Phi) is 4.79. The highest BCUT2D eigenvalue weighted by Gasteiger charge is 2.16. The average molecular weight is 325 g/mol. The molecule has 0 saturated carbocycles. The number of nitrogens with zero attached hydrogens (tertiary/aromatic N) is 2. The molecule has 1 amide bonds. The van der Waals surface area contributed by atoms with E-state index in [1.807, 2.05) is 24.3 Å². The van der Waals surface area contributed by atoms with Crippen LogP contribution in [-0.2, 0) is 24.2 Å². The maximum Gasteiger partial charge on any atom is 0.257 e. The minimum Gasteiger partial charge on any atom is -0.325 e. The monoisotopic (exact) mass is 325 g/mol. The van der Waals surface area contributed by atoms with E-state index in [1.165, 1.54) is 16.5 Å². The van der Waals surface area contributed by atoms with Gasteiger partial charge in [0.05, 0.1) is 12.0 Å². The van der Waals surface area contributed by atoms with Crippen LogP contribution in [0.15, 0.2) is 35.4 Å². The molecule has 5 nitrogen and oxygen atoms in total. The molecule has 126 valence electrons. The number of nitrogens with one attached hydrogen (secondary N) is 1. The van der Waals surface area contributed by atoms with Crippen LogP contribution in [-0.4, -0.2) is 15.5 Å². The van der Waals surface area contributed by atoms with E-state index in [4.69, 9.17) is 0 Å². The maximum atomic E-state index is 12.5. The summed E-state index contributed by atoms with van der Waals surface area (Å²) in [5, 5.41) is 2.87. The molecule has 24 heavy (non-hydrogen) atoms. The molecule has 0 radical (unpaired) electrons. The van der Waals surface area contributed by atoms with E-state index >= 15 is 0 Å². The zero-order valence-electron chi connectivity index (χ0n) is 14.2. The molecule has 0 fully saturated rings. The molecular formula is C19H23N3O2. The fourth-order valence-corrected chi connectivity index (χ4v) is 3.07. The van der Waals surface area contributed by atoms with Crippen molar-refractivity contribution in [2.24, 2.45) is 0 Å². The van der Waals surface area contributed by atoms with Crippen molar-refractivity contribution in [1.82, 2.24) is 9.55 Å². The molecule has 0 unspecified atom stereocenters. The molecular weight excluding hydrogens is 302 g/mol. The Morgan fingerprint density at radius 1 is 1.29 bits per heavy atom. The zero-order valence-corrected chi connectivity index (χ0v) is 14.2. The number of carbonyl (C=O) groups excluding carboxylic acids is 1. The Hall–Kier alpha value is -2.43. The Labute approximate surface area is 141 Å². The largest absolute Gasteiger partial charge is 0.325 e. The van der Waals surface area contributed by atoms with E-state index in [0.29, 0.717) is 5.92 Å². The number of hydrogen-bond acceptors (Lipinski definition) is 3. The van der Waals surface area contributed by atoms with Crippen LogP contribution in [0.1, 0.15) is 49.4 Å². The van der Waals surface area contributed by atoms with Gasteiger partial charge in [0.15, 0.2) is 0 Å². The molecule has 1 N–H and O–H groups in total. The second kappa shape index (κ2) is 6.99. The van der Waals surface area contributed by atoms with Crippen LogP contribution in [0.5, 0.6) is 0 Å². The van der Waals surface area contributed by atoms with Gasteiger partial charge in [0.2, 0.25) is 5.91 Å². The first-order chi connectivity index (χ1) is 11.5. The molecule has 0 saturated heterocycles. The molecule has 1 aromatic heterocycles. The molecule has 1 aliphatic carbocycles. The van der Waals surface area contributed by atoms with Gasteiger partial charge in [-0.25, -0.2) is 4.98 Å². The van der Waals surface area contributed by atoms with Crippen LogP contribution >= 0.6 is 0 Å². The first-order valence-electron chi connectivity index (χ1n) is 8.51. The summed E-state index contributed by atoms with van der Waals surface area (Å²) in [7, 11) is 0. The van der Waals surface area contributed by atoms with Gasteiger partial charge in [-0.3, -0.25) is 14.2 Å². The van der Waals surface area contributed by atoms with Gasteiger partial charge in [0.1, 0.15) is 6.54 Å². The van der Waals surface area contributed by atoms with E-state index in [0.717, 1.165) is 42.6 Å². The number of fused-ring (bicyclic) bond motifs is 1. The Morgan fingerprint density at radius 2 is 2.08 bits per heavy atom. The second-order valence-corrected chi connectivity index (χ2v) is 6.64. The molecule has 0 spiro atoms. The number of anilines is 1. The van der Waals surface area contributed by atoms with Crippen molar-refractivity contribution in [2.45, 2.75) is 52.0 Å². The summed E-state index contributed by atoms with van der Waals surface area (Å²) in [6.45, 7) is 4.21. The predicted molar refractivity (Wildman–Crippen MR) is 94.3 cm³/mol. The lowest BCUT2D eigenvalue weighted by Gasteiger charge is -2.15. The van der Waals surface area contributed by atoms with E-state index in [-0.39, 0.29) is 18.0 Å². The Morgan fingerprint density at radius 3 is 2.88 bits per heavy atom. The SMILES string of the molecule is CC(C)c1cccc(NC(=O)Cn2cnc3c(c2=O)CCCC3)c1. The Bertz CT molecular complexity index is 808. The van der Waals surface area contributed by atoms with Crippen LogP contribution in [0.3, 0.4) is 0 Å².